The second-order valence-corrected chi connectivity index (χ2v) is 5.64. The molecule has 1 fully saturated rings. The largest absolute Gasteiger partial charge is 0.372 e. The van der Waals surface area contributed by atoms with E-state index in [9.17, 15) is 4.39 Å². The van der Waals surface area contributed by atoms with Gasteiger partial charge in [-0.3, -0.25) is 0 Å². The third-order valence-corrected chi connectivity index (χ3v) is 4.35. The summed E-state index contributed by atoms with van der Waals surface area (Å²) in [6, 6.07) is 6.85. The molecule has 1 aliphatic rings. The highest BCUT2D eigenvalue weighted by Gasteiger charge is 2.21. The lowest BCUT2D eigenvalue weighted by atomic mass is 9.82. The Balaban J connectivity index is 1.91. The van der Waals surface area contributed by atoms with Crippen molar-refractivity contribution in [3.05, 3.63) is 30.1 Å². The molecule has 2 rings (SSSR count). The monoisotopic (exact) mass is 264 g/mol. The van der Waals surface area contributed by atoms with Crippen LogP contribution >= 0.6 is 0 Å². The lowest BCUT2D eigenvalue weighted by Crippen LogP contribution is -2.32. The summed E-state index contributed by atoms with van der Waals surface area (Å²) in [5.41, 5.74) is 6.86. The van der Waals surface area contributed by atoms with E-state index < -0.39 is 0 Å². The molecule has 0 bridgehead atoms. The molecule has 2 nitrogen and oxygen atoms in total. The molecule has 1 aliphatic carbocycles. The molecule has 106 valence electrons. The van der Waals surface area contributed by atoms with E-state index in [1.54, 1.807) is 12.1 Å². The van der Waals surface area contributed by atoms with Gasteiger partial charge in [0.1, 0.15) is 5.82 Å². The van der Waals surface area contributed by atoms with Gasteiger partial charge in [-0.25, -0.2) is 4.39 Å². The molecule has 0 aliphatic heterocycles. The Morgan fingerprint density at radius 2 is 1.68 bits per heavy atom. The van der Waals surface area contributed by atoms with E-state index in [0.29, 0.717) is 0 Å². The molecule has 0 unspecified atom stereocenters. The first-order valence-corrected chi connectivity index (χ1v) is 7.43. The number of hydrogen-bond acceptors (Lipinski definition) is 2. The van der Waals surface area contributed by atoms with Crippen molar-refractivity contribution in [3.63, 3.8) is 0 Å². The molecule has 0 radical (unpaired) electrons. The highest BCUT2D eigenvalue weighted by molar-refractivity contribution is 5.46. The average molecular weight is 264 g/mol. The van der Waals surface area contributed by atoms with Crippen molar-refractivity contribution < 1.29 is 4.39 Å². The predicted molar refractivity (Wildman–Crippen MR) is 78.8 cm³/mol. The van der Waals surface area contributed by atoms with Crippen LogP contribution in [0.25, 0.3) is 0 Å². The molecule has 1 aromatic carbocycles. The Labute approximate surface area is 115 Å². The first-order valence-electron chi connectivity index (χ1n) is 7.43. The van der Waals surface area contributed by atoms with E-state index in [1.165, 1.54) is 25.7 Å². The standard InChI is InChI=1S/C16H25FN2/c1-2-19(16-9-7-15(17)8-10-16)12-14-5-3-13(11-18)4-6-14/h7-10,13-14H,2-6,11-12,18H2,1H3. The van der Waals surface area contributed by atoms with Gasteiger partial charge in [0.15, 0.2) is 0 Å². The number of hydrogen-bond donors (Lipinski definition) is 1. The first kappa shape index (κ1) is 14.3. The zero-order valence-electron chi connectivity index (χ0n) is 11.8. The molecule has 0 spiro atoms. The summed E-state index contributed by atoms with van der Waals surface area (Å²) in [6.07, 6.45) is 5.09. The molecular formula is C16H25FN2. The molecule has 1 aromatic rings. The Hall–Kier alpha value is -1.09. The number of nitrogens with two attached hydrogens (primary N) is 1. The van der Waals surface area contributed by atoms with Gasteiger partial charge in [0, 0.05) is 18.8 Å². The van der Waals surface area contributed by atoms with Crippen LogP contribution < -0.4 is 10.6 Å². The van der Waals surface area contributed by atoms with Crippen LogP contribution in [0.3, 0.4) is 0 Å². The topological polar surface area (TPSA) is 29.3 Å². The van der Waals surface area contributed by atoms with Crippen molar-refractivity contribution in [2.75, 3.05) is 24.5 Å². The van der Waals surface area contributed by atoms with Gasteiger partial charge in [0.2, 0.25) is 0 Å². The van der Waals surface area contributed by atoms with Gasteiger partial charge in [0.05, 0.1) is 0 Å². The maximum Gasteiger partial charge on any atom is 0.123 e. The normalized spacial score (nSPS) is 23.3. The molecule has 0 saturated heterocycles. The first-order chi connectivity index (χ1) is 9.22. The van der Waals surface area contributed by atoms with Crippen molar-refractivity contribution in [3.8, 4) is 0 Å². The van der Waals surface area contributed by atoms with Crippen LogP contribution in [0.2, 0.25) is 0 Å². The SMILES string of the molecule is CCN(CC1CCC(CN)CC1)c1ccc(F)cc1. The summed E-state index contributed by atoms with van der Waals surface area (Å²) in [5.74, 6) is 1.33. The number of benzene rings is 1. The molecule has 0 heterocycles. The summed E-state index contributed by atoms with van der Waals surface area (Å²) in [5, 5.41) is 0. The molecule has 1 saturated carbocycles. The summed E-state index contributed by atoms with van der Waals surface area (Å²) in [4.78, 5) is 2.35. The minimum atomic E-state index is -0.164. The van der Waals surface area contributed by atoms with E-state index in [4.69, 9.17) is 5.73 Å². The maximum absolute atomic E-state index is 13.0. The van der Waals surface area contributed by atoms with Gasteiger partial charge >= 0.3 is 0 Å². The highest BCUT2D eigenvalue weighted by atomic mass is 19.1. The molecule has 19 heavy (non-hydrogen) atoms. The number of anilines is 1. The summed E-state index contributed by atoms with van der Waals surface area (Å²) >= 11 is 0. The maximum atomic E-state index is 13.0. The van der Waals surface area contributed by atoms with E-state index in [2.05, 4.69) is 11.8 Å². The minimum Gasteiger partial charge on any atom is -0.372 e. The van der Waals surface area contributed by atoms with Crippen LogP contribution in [-0.4, -0.2) is 19.6 Å². The lowest BCUT2D eigenvalue weighted by Gasteiger charge is -2.33. The van der Waals surface area contributed by atoms with Gasteiger partial charge in [-0.2, -0.15) is 0 Å². The van der Waals surface area contributed by atoms with Crippen molar-refractivity contribution in [2.45, 2.75) is 32.6 Å². The molecule has 0 aromatic heterocycles. The molecule has 3 heteroatoms. The van der Waals surface area contributed by atoms with Gasteiger partial charge in [-0.05, 0) is 75.3 Å². The number of rotatable bonds is 5. The third-order valence-electron chi connectivity index (χ3n) is 4.35. The van der Waals surface area contributed by atoms with Crippen LogP contribution in [0.15, 0.2) is 24.3 Å². The van der Waals surface area contributed by atoms with Gasteiger partial charge < -0.3 is 10.6 Å². The predicted octanol–water partition coefficient (Wildman–Crippen LogP) is 3.42. The fourth-order valence-corrected chi connectivity index (χ4v) is 3.03. The Bertz CT molecular complexity index is 369. The highest BCUT2D eigenvalue weighted by Crippen LogP contribution is 2.29. The second kappa shape index (κ2) is 6.90. The van der Waals surface area contributed by atoms with Crippen LogP contribution in [0.5, 0.6) is 0 Å². The quantitative estimate of drug-likeness (QED) is 0.883. The zero-order valence-corrected chi connectivity index (χ0v) is 11.8. The summed E-state index contributed by atoms with van der Waals surface area (Å²) in [6.45, 7) is 5.05. The Morgan fingerprint density at radius 3 is 2.21 bits per heavy atom. The van der Waals surface area contributed by atoms with E-state index >= 15 is 0 Å². The van der Waals surface area contributed by atoms with Crippen LogP contribution in [-0.2, 0) is 0 Å². The lowest BCUT2D eigenvalue weighted by molar-refractivity contribution is 0.281. The number of nitrogens with zero attached hydrogens (tertiary/aromatic N) is 1. The van der Waals surface area contributed by atoms with Crippen LogP contribution in [0, 0.1) is 17.7 Å². The zero-order chi connectivity index (χ0) is 13.7. The van der Waals surface area contributed by atoms with Crippen molar-refractivity contribution in [1.29, 1.82) is 0 Å². The van der Waals surface area contributed by atoms with Crippen molar-refractivity contribution in [2.24, 2.45) is 17.6 Å². The fourth-order valence-electron chi connectivity index (χ4n) is 3.03. The van der Waals surface area contributed by atoms with Crippen molar-refractivity contribution in [1.82, 2.24) is 0 Å². The summed E-state index contributed by atoms with van der Waals surface area (Å²) < 4.78 is 13.0. The number of halogens is 1. The fraction of sp³-hybridized carbons (Fsp3) is 0.625. The molecule has 0 amide bonds. The van der Waals surface area contributed by atoms with Crippen molar-refractivity contribution >= 4 is 5.69 Å². The van der Waals surface area contributed by atoms with Crippen LogP contribution in [0.1, 0.15) is 32.6 Å². The minimum absolute atomic E-state index is 0.164. The third kappa shape index (κ3) is 3.93. The van der Waals surface area contributed by atoms with E-state index in [0.717, 1.165) is 37.2 Å². The van der Waals surface area contributed by atoms with E-state index in [-0.39, 0.29) is 5.82 Å². The molecular weight excluding hydrogens is 239 g/mol. The molecule has 2 N–H and O–H groups in total. The van der Waals surface area contributed by atoms with Crippen LogP contribution in [0.4, 0.5) is 10.1 Å². The molecule has 0 atom stereocenters. The van der Waals surface area contributed by atoms with Gasteiger partial charge in [-0.15, -0.1) is 0 Å². The average Bonchev–Trinajstić information content (AvgIpc) is 2.46. The summed E-state index contributed by atoms with van der Waals surface area (Å²) in [7, 11) is 0. The van der Waals surface area contributed by atoms with Gasteiger partial charge in [0.25, 0.3) is 0 Å². The van der Waals surface area contributed by atoms with Gasteiger partial charge in [-0.1, -0.05) is 0 Å². The van der Waals surface area contributed by atoms with E-state index in [1.807, 2.05) is 12.1 Å². The smallest absolute Gasteiger partial charge is 0.123 e. The Morgan fingerprint density at radius 1 is 1.11 bits per heavy atom. The Kier molecular flexibility index (Phi) is 5.20. The second-order valence-electron chi connectivity index (χ2n) is 5.64.